The molecule has 0 saturated carbocycles. The number of hydrogen-bond donors (Lipinski definition) is 1. The van der Waals surface area contributed by atoms with E-state index >= 15 is 0 Å². The van der Waals surface area contributed by atoms with Gasteiger partial charge in [0, 0.05) is 26.3 Å². The summed E-state index contributed by atoms with van der Waals surface area (Å²) in [7, 11) is -2.21. The molecule has 1 aromatic heterocycles. The number of sulfonamides is 1. The second-order valence-electron chi connectivity index (χ2n) is 6.62. The molecular weight excluding hydrogens is 450 g/mol. The zero-order valence-electron chi connectivity index (χ0n) is 16.5. The third kappa shape index (κ3) is 5.31. The van der Waals surface area contributed by atoms with Crippen molar-refractivity contribution in [1.82, 2.24) is 14.2 Å². The van der Waals surface area contributed by atoms with Crippen molar-refractivity contribution in [3.63, 3.8) is 0 Å². The van der Waals surface area contributed by atoms with Crippen molar-refractivity contribution in [2.75, 3.05) is 32.9 Å². The van der Waals surface area contributed by atoms with Gasteiger partial charge in [-0.1, -0.05) is 11.6 Å². The number of rotatable bonds is 6. The predicted molar refractivity (Wildman–Crippen MR) is 109 cm³/mol. The quantitative estimate of drug-likeness (QED) is 0.621. The van der Waals surface area contributed by atoms with Gasteiger partial charge in [-0.05, 0) is 30.3 Å². The molecule has 0 unspecified atom stereocenters. The van der Waals surface area contributed by atoms with Crippen molar-refractivity contribution in [3.05, 3.63) is 52.8 Å². The van der Waals surface area contributed by atoms with Crippen LogP contribution in [0.3, 0.4) is 0 Å². The Morgan fingerprint density at radius 2 is 1.90 bits per heavy atom. The van der Waals surface area contributed by atoms with Crippen LogP contribution in [0.25, 0.3) is 0 Å². The third-order valence-electron chi connectivity index (χ3n) is 4.53. The van der Waals surface area contributed by atoms with Crippen molar-refractivity contribution < 1.29 is 32.3 Å². The molecule has 166 valence electrons. The molecule has 1 N–H and O–H groups in total. The van der Waals surface area contributed by atoms with Crippen molar-refractivity contribution in [2.45, 2.75) is 4.90 Å². The van der Waals surface area contributed by atoms with Gasteiger partial charge in [0.15, 0.2) is 6.61 Å². The molecule has 1 aromatic carbocycles. The Labute approximate surface area is 183 Å². The van der Waals surface area contributed by atoms with Crippen molar-refractivity contribution >= 4 is 39.4 Å². The maximum Gasteiger partial charge on any atom is 0.340 e. The summed E-state index contributed by atoms with van der Waals surface area (Å²) in [6.45, 7) is 0.197. The fraction of sp³-hybridized carbons (Fsp3) is 0.316. The molecule has 0 radical (unpaired) electrons. The fourth-order valence-electron chi connectivity index (χ4n) is 2.89. The van der Waals surface area contributed by atoms with Crippen molar-refractivity contribution in [3.8, 4) is 0 Å². The molecule has 2 amide bonds. The number of esters is 1. The molecule has 3 rings (SSSR count). The minimum absolute atomic E-state index is 0.0359. The number of benzene rings is 1. The summed E-state index contributed by atoms with van der Waals surface area (Å²) < 4.78 is 38.4. The lowest BCUT2D eigenvalue weighted by atomic mass is 10.2. The molecule has 31 heavy (non-hydrogen) atoms. The molecular formula is C19H20ClN3O7S. The molecule has 0 spiro atoms. The van der Waals surface area contributed by atoms with Crippen LogP contribution in [-0.2, 0) is 31.3 Å². The standard InChI is InChI=1S/C19H20ClN3O7S/c1-22-6-2-3-16(22)18(25)21-17(24)12-30-19(26)14-11-13(4-5-15(14)20)31(27,28)23-7-9-29-10-8-23/h2-6,11H,7-10,12H2,1H3,(H,21,24,25). The minimum Gasteiger partial charge on any atom is -0.452 e. The number of carbonyl (C=O) groups is 3. The van der Waals surface area contributed by atoms with Gasteiger partial charge in [-0.3, -0.25) is 14.9 Å². The molecule has 10 nitrogen and oxygen atoms in total. The minimum atomic E-state index is -3.85. The summed E-state index contributed by atoms with van der Waals surface area (Å²) in [6, 6.07) is 6.82. The topological polar surface area (TPSA) is 124 Å². The van der Waals surface area contributed by atoms with E-state index in [0.717, 1.165) is 6.07 Å². The van der Waals surface area contributed by atoms with Crippen LogP contribution in [0.4, 0.5) is 0 Å². The Bertz CT molecular complexity index is 1110. The van der Waals surface area contributed by atoms with E-state index in [1.807, 2.05) is 0 Å². The van der Waals surface area contributed by atoms with Crippen LogP contribution in [0.2, 0.25) is 5.02 Å². The van der Waals surface area contributed by atoms with E-state index in [9.17, 15) is 22.8 Å². The van der Waals surface area contributed by atoms with Gasteiger partial charge in [0.2, 0.25) is 10.0 Å². The zero-order valence-corrected chi connectivity index (χ0v) is 18.1. The number of aryl methyl sites for hydroxylation is 1. The largest absolute Gasteiger partial charge is 0.452 e. The van der Waals surface area contributed by atoms with E-state index in [1.165, 1.54) is 27.1 Å². The summed E-state index contributed by atoms with van der Waals surface area (Å²) in [4.78, 5) is 36.2. The first-order valence-electron chi connectivity index (χ1n) is 9.20. The van der Waals surface area contributed by atoms with E-state index in [4.69, 9.17) is 21.1 Å². The maximum absolute atomic E-state index is 12.8. The molecule has 12 heteroatoms. The number of nitrogens with zero attached hydrogens (tertiary/aromatic N) is 2. The second kappa shape index (κ2) is 9.60. The summed E-state index contributed by atoms with van der Waals surface area (Å²) >= 11 is 6.02. The molecule has 0 bridgehead atoms. The van der Waals surface area contributed by atoms with Gasteiger partial charge in [0.1, 0.15) is 5.69 Å². The van der Waals surface area contributed by atoms with Crippen LogP contribution in [0.5, 0.6) is 0 Å². The number of hydrogen-bond acceptors (Lipinski definition) is 7. The van der Waals surface area contributed by atoms with Gasteiger partial charge in [0.25, 0.3) is 11.8 Å². The van der Waals surface area contributed by atoms with Gasteiger partial charge >= 0.3 is 5.97 Å². The summed E-state index contributed by atoms with van der Waals surface area (Å²) in [6.07, 6.45) is 1.64. The number of imide groups is 1. The van der Waals surface area contributed by atoms with Crippen LogP contribution in [-0.4, -0.2) is 68.0 Å². The molecule has 1 aliphatic heterocycles. The fourth-order valence-corrected chi connectivity index (χ4v) is 4.52. The van der Waals surface area contributed by atoms with Gasteiger partial charge in [-0.25, -0.2) is 13.2 Å². The number of carbonyl (C=O) groups excluding carboxylic acids is 3. The predicted octanol–water partition coefficient (Wildman–Crippen LogP) is 0.813. The van der Waals surface area contributed by atoms with Crippen LogP contribution < -0.4 is 5.32 Å². The normalized spacial score (nSPS) is 14.8. The average molecular weight is 470 g/mol. The molecule has 1 saturated heterocycles. The van der Waals surface area contributed by atoms with Gasteiger partial charge in [0.05, 0.1) is 28.7 Å². The lowest BCUT2D eigenvalue weighted by molar-refractivity contribution is -0.123. The number of halogens is 1. The van der Waals surface area contributed by atoms with E-state index in [-0.39, 0.29) is 47.5 Å². The van der Waals surface area contributed by atoms with Gasteiger partial charge in [-0.15, -0.1) is 0 Å². The van der Waals surface area contributed by atoms with Crippen molar-refractivity contribution in [2.24, 2.45) is 7.05 Å². The number of amides is 2. The Kier molecular flexibility index (Phi) is 7.11. The average Bonchev–Trinajstić information content (AvgIpc) is 3.19. The second-order valence-corrected chi connectivity index (χ2v) is 8.96. The first kappa shape index (κ1) is 22.9. The number of aromatic nitrogens is 1. The molecule has 2 heterocycles. The lowest BCUT2D eigenvalue weighted by Crippen LogP contribution is -2.40. The third-order valence-corrected chi connectivity index (χ3v) is 6.75. The molecule has 1 fully saturated rings. The summed E-state index contributed by atoms with van der Waals surface area (Å²) in [5.41, 5.74) is 0.0429. The lowest BCUT2D eigenvalue weighted by Gasteiger charge is -2.26. The Morgan fingerprint density at radius 1 is 1.19 bits per heavy atom. The van der Waals surface area contributed by atoms with Gasteiger partial charge in [-0.2, -0.15) is 4.31 Å². The van der Waals surface area contributed by atoms with E-state index in [0.29, 0.717) is 0 Å². The number of nitrogens with one attached hydrogen (secondary N) is 1. The SMILES string of the molecule is Cn1cccc1C(=O)NC(=O)COC(=O)c1cc(S(=O)(=O)N2CCOCC2)ccc1Cl. The smallest absolute Gasteiger partial charge is 0.340 e. The van der Waals surface area contributed by atoms with E-state index < -0.39 is 34.4 Å². The monoisotopic (exact) mass is 469 g/mol. The maximum atomic E-state index is 12.8. The highest BCUT2D eigenvalue weighted by Gasteiger charge is 2.28. The Hall–Kier alpha value is -2.73. The highest BCUT2D eigenvalue weighted by Crippen LogP contribution is 2.24. The first-order valence-corrected chi connectivity index (χ1v) is 11.0. The van der Waals surface area contributed by atoms with Crippen molar-refractivity contribution in [1.29, 1.82) is 0 Å². The molecule has 2 aromatic rings. The Balaban J connectivity index is 1.66. The van der Waals surface area contributed by atoms with Gasteiger partial charge < -0.3 is 14.0 Å². The van der Waals surface area contributed by atoms with E-state index in [2.05, 4.69) is 5.32 Å². The highest BCUT2D eigenvalue weighted by atomic mass is 35.5. The van der Waals surface area contributed by atoms with Crippen LogP contribution in [0.15, 0.2) is 41.4 Å². The summed E-state index contributed by atoms with van der Waals surface area (Å²) in [5, 5.41) is 2.06. The van der Waals surface area contributed by atoms with Crippen LogP contribution >= 0.6 is 11.6 Å². The molecule has 1 aliphatic rings. The molecule has 0 atom stereocenters. The number of morpholine rings is 1. The number of ether oxygens (including phenoxy) is 2. The Morgan fingerprint density at radius 3 is 2.55 bits per heavy atom. The highest BCUT2D eigenvalue weighted by molar-refractivity contribution is 7.89. The summed E-state index contributed by atoms with van der Waals surface area (Å²) in [5.74, 6) is -2.48. The first-order chi connectivity index (χ1) is 14.7. The van der Waals surface area contributed by atoms with Crippen LogP contribution in [0, 0.1) is 0 Å². The van der Waals surface area contributed by atoms with E-state index in [1.54, 1.807) is 19.3 Å². The molecule has 0 aliphatic carbocycles. The zero-order chi connectivity index (χ0) is 22.6. The van der Waals surface area contributed by atoms with Crippen LogP contribution in [0.1, 0.15) is 20.8 Å².